The van der Waals surface area contributed by atoms with Gasteiger partial charge in [-0.25, -0.2) is 13.2 Å². The van der Waals surface area contributed by atoms with Crippen LogP contribution in [0.4, 0.5) is 13.2 Å². The number of benzene rings is 1. The van der Waals surface area contributed by atoms with E-state index in [4.69, 9.17) is 10.5 Å². The minimum atomic E-state index is -1.21. The number of rotatable bonds is 2. The lowest BCUT2D eigenvalue weighted by Gasteiger charge is -2.23. The lowest BCUT2D eigenvalue weighted by Crippen LogP contribution is -2.30. The summed E-state index contributed by atoms with van der Waals surface area (Å²) in [5, 5.41) is 0. The molecule has 0 aromatic heterocycles. The van der Waals surface area contributed by atoms with Crippen LogP contribution >= 0.6 is 0 Å². The molecule has 2 rings (SSSR count). The molecule has 1 aromatic rings. The first-order chi connectivity index (χ1) is 8.00. The van der Waals surface area contributed by atoms with Crippen LogP contribution in [0.2, 0.25) is 0 Å². The van der Waals surface area contributed by atoms with Crippen LogP contribution in [0.1, 0.15) is 24.9 Å². The Morgan fingerprint density at radius 2 is 1.88 bits per heavy atom. The lowest BCUT2D eigenvalue weighted by atomic mass is 9.93. The molecule has 1 heterocycles. The molecular formula is C12H14F3NO. The molecule has 2 N–H and O–H groups in total. The van der Waals surface area contributed by atoms with Crippen molar-refractivity contribution in [2.24, 2.45) is 11.7 Å². The standard InChI is InChI=1S/C12H14F3NO/c1-6-2-3-17-12(6)11(16)7-4-9(14)10(15)5-8(7)13/h4-6,11-12H,2-3,16H2,1H3. The Morgan fingerprint density at radius 1 is 1.24 bits per heavy atom. The number of nitrogens with two attached hydrogens (primary N) is 1. The number of hydrogen-bond acceptors (Lipinski definition) is 2. The van der Waals surface area contributed by atoms with Gasteiger partial charge in [-0.05, 0) is 18.4 Å². The van der Waals surface area contributed by atoms with Crippen molar-refractivity contribution in [3.05, 3.63) is 35.1 Å². The molecule has 0 spiro atoms. The molecule has 3 atom stereocenters. The lowest BCUT2D eigenvalue weighted by molar-refractivity contribution is 0.0713. The van der Waals surface area contributed by atoms with E-state index in [2.05, 4.69) is 0 Å². The highest BCUT2D eigenvalue weighted by molar-refractivity contribution is 5.24. The average molecular weight is 245 g/mol. The summed E-state index contributed by atoms with van der Waals surface area (Å²) in [6.07, 6.45) is 0.485. The highest BCUT2D eigenvalue weighted by Crippen LogP contribution is 2.31. The molecule has 0 radical (unpaired) electrons. The summed E-state index contributed by atoms with van der Waals surface area (Å²) < 4.78 is 44.8. The van der Waals surface area contributed by atoms with Gasteiger partial charge in [0, 0.05) is 18.2 Å². The molecule has 1 aromatic carbocycles. The van der Waals surface area contributed by atoms with Gasteiger partial charge in [-0.2, -0.15) is 0 Å². The fourth-order valence-corrected chi connectivity index (χ4v) is 2.15. The minimum Gasteiger partial charge on any atom is -0.376 e. The van der Waals surface area contributed by atoms with Gasteiger partial charge in [0.1, 0.15) is 5.82 Å². The zero-order valence-corrected chi connectivity index (χ0v) is 9.42. The zero-order chi connectivity index (χ0) is 12.6. The number of halogens is 3. The first kappa shape index (κ1) is 12.4. The molecule has 1 aliphatic heterocycles. The fourth-order valence-electron chi connectivity index (χ4n) is 2.15. The molecular weight excluding hydrogens is 231 g/mol. The summed E-state index contributed by atoms with van der Waals surface area (Å²) in [7, 11) is 0. The number of ether oxygens (including phenoxy) is 1. The van der Waals surface area contributed by atoms with Crippen molar-refractivity contribution >= 4 is 0 Å². The quantitative estimate of drug-likeness (QED) is 0.812. The third kappa shape index (κ3) is 2.30. The molecule has 2 nitrogen and oxygen atoms in total. The Kier molecular flexibility index (Phi) is 3.40. The molecule has 0 aliphatic carbocycles. The third-order valence-electron chi connectivity index (χ3n) is 3.20. The van der Waals surface area contributed by atoms with E-state index in [0.717, 1.165) is 12.5 Å². The molecule has 0 amide bonds. The van der Waals surface area contributed by atoms with E-state index in [1.165, 1.54) is 0 Å². The SMILES string of the molecule is CC1CCOC1C(N)c1cc(F)c(F)cc1F. The highest BCUT2D eigenvalue weighted by atomic mass is 19.2. The van der Waals surface area contributed by atoms with Crippen LogP contribution in [-0.2, 0) is 4.74 Å². The van der Waals surface area contributed by atoms with Crippen molar-refractivity contribution in [2.75, 3.05) is 6.61 Å². The van der Waals surface area contributed by atoms with Crippen molar-refractivity contribution in [3.63, 3.8) is 0 Å². The number of hydrogen-bond donors (Lipinski definition) is 1. The summed E-state index contributed by atoms with van der Waals surface area (Å²) in [6, 6.07) is 0.552. The van der Waals surface area contributed by atoms with Crippen molar-refractivity contribution in [1.82, 2.24) is 0 Å². The van der Waals surface area contributed by atoms with Gasteiger partial charge in [-0.3, -0.25) is 0 Å². The maximum atomic E-state index is 13.5. The zero-order valence-electron chi connectivity index (χ0n) is 9.42. The van der Waals surface area contributed by atoms with Gasteiger partial charge >= 0.3 is 0 Å². The predicted octanol–water partition coefficient (Wildman–Crippen LogP) is 2.53. The summed E-state index contributed by atoms with van der Waals surface area (Å²) in [5.41, 5.74) is 5.82. The Balaban J connectivity index is 2.30. The van der Waals surface area contributed by atoms with Crippen LogP contribution in [0, 0.1) is 23.4 Å². The van der Waals surface area contributed by atoms with Gasteiger partial charge in [0.15, 0.2) is 11.6 Å². The molecule has 1 fully saturated rings. The normalized spacial score (nSPS) is 26.2. The first-order valence-corrected chi connectivity index (χ1v) is 5.52. The fraction of sp³-hybridized carbons (Fsp3) is 0.500. The minimum absolute atomic E-state index is 0.0392. The smallest absolute Gasteiger partial charge is 0.161 e. The molecule has 0 bridgehead atoms. The summed E-state index contributed by atoms with van der Waals surface area (Å²) in [4.78, 5) is 0. The van der Waals surface area contributed by atoms with E-state index in [0.29, 0.717) is 12.7 Å². The molecule has 3 unspecified atom stereocenters. The van der Waals surface area contributed by atoms with Crippen LogP contribution in [0.5, 0.6) is 0 Å². The molecule has 17 heavy (non-hydrogen) atoms. The third-order valence-corrected chi connectivity index (χ3v) is 3.20. The van der Waals surface area contributed by atoms with E-state index in [1.807, 2.05) is 6.92 Å². The highest BCUT2D eigenvalue weighted by Gasteiger charge is 2.32. The molecule has 0 saturated carbocycles. The Bertz CT molecular complexity index is 424. The van der Waals surface area contributed by atoms with Crippen LogP contribution in [0.15, 0.2) is 12.1 Å². The van der Waals surface area contributed by atoms with Crippen molar-refractivity contribution in [3.8, 4) is 0 Å². The van der Waals surface area contributed by atoms with Crippen LogP contribution < -0.4 is 5.73 Å². The Hall–Kier alpha value is -1.07. The average Bonchev–Trinajstić information content (AvgIpc) is 2.69. The van der Waals surface area contributed by atoms with Crippen molar-refractivity contribution < 1.29 is 17.9 Å². The van der Waals surface area contributed by atoms with E-state index >= 15 is 0 Å². The molecule has 94 valence electrons. The van der Waals surface area contributed by atoms with Crippen LogP contribution in [-0.4, -0.2) is 12.7 Å². The van der Waals surface area contributed by atoms with E-state index in [1.54, 1.807) is 0 Å². The first-order valence-electron chi connectivity index (χ1n) is 5.52. The predicted molar refractivity (Wildman–Crippen MR) is 56.8 cm³/mol. The Labute approximate surface area is 97.6 Å². The van der Waals surface area contributed by atoms with Gasteiger partial charge < -0.3 is 10.5 Å². The monoisotopic (exact) mass is 245 g/mol. The van der Waals surface area contributed by atoms with Crippen LogP contribution in [0.25, 0.3) is 0 Å². The molecule has 1 saturated heterocycles. The topological polar surface area (TPSA) is 35.2 Å². The van der Waals surface area contributed by atoms with Gasteiger partial charge in [0.05, 0.1) is 12.1 Å². The van der Waals surface area contributed by atoms with Crippen molar-refractivity contribution in [2.45, 2.75) is 25.5 Å². The second-order valence-electron chi connectivity index (χ2n) is 4.41. The van der Waals surface area contributed by atoms with Gasteiger partial charge in [0.2, 0.25) is 0 Å². The largest absolute Gasteiger partial charge is 0.376 e. The van der Waals surface area contributed by atoms with E-state index in [9.17, 15) is 13.2 Å². The maximum absolute atomic E-state index is 13.5. The van der Waals surface area contributed by atoms with Crippen LogP contribution in [0.3, 0.4) is 0 Å². The second-order valence-corrected chi connectivity index (χ2v) is 4.41. The Morgan fingerprint density at radius 3 is 2.47 bits per heavy atom. The summed E-state index contributed by atoms with van der Waals surface area (Å²) in [5.74, 6) is -2.96. The summed E-state index contributed by atoms with van der Waals surface area (Å²) >= 11 is 0. The van der Waals surface area contributed by atoms with Gasteiger partial charge in [-0.1, -0.05) is 6.92 Å². The van der Waals surface area contributed by atoms with E-state index < -0.39 is 23.5 Å². The van der Waals surface area contributed by atoms with Gasteiger partial charge in [-0.15, -0.1) is 0 Å². The molecule has 5 heteroatoms. The van der Waals surface area contributed by atoms with Crippen molar-refractivity contribution in [1.29, 1.82) is 0 Å². The van der Waals surface area contributed by atoms with Gasteiger partial charge in [0.25, 0.3) is 0 Å². The second kappa shape index (κ2) is 4.66. The maximum Gasteiger partial charge on any atom is 0.161 e. The summed E-state index contributed by atoms with van der Waals surface area (Å²) in [6.45, 7) is 2.50. The molecule has 1 aliphatic rings. The van der Waals surface area contributed by atoms with E-state index in [-0.39, 0.29) is 17.6 Å².